The van der Waals surface area contributed by atoms with E-state index < -0.39 is 35.1 Å². The fourth-order valence-electron chi connectivity index (χ4n) is 2.55. The van der Waals surface area contributed by atoms with Gasteiger partial charge in [-0.15, -0.1) is 0 Å². The monoisotopic (exact) mass is 360 g/mol. The molecule has 0 aliphatic carbocycles. The Morgan fingerprint density at radius 3 is 2.23 bits per heavy atom. The third-order valence-electron chi connectivity index (χ3n) is 4.03. The molecule has 26 heavy (non-hydrogen) atoms. The summed E-state index contributed by atoms with van der Waals surface area (Å²) < 4.78 is 27.6. The Kier molecular flexibility index (Phi) is 6.44. The molecule has 2 aromatic rings. The van der Waals surface area contributed by atoms with Gasteiger partial charge in [-0.1, -0.05) is 39.0 Å². The van der Waals surface area contributed by atoms with Crippen LogP contribution >= 0.6 is 0 Å². The second kappa shape index (κ2) is 8.56. The van der Waals surface area contributed by atoms with Crippen molar-refractivity contribution in [2.45, 2.75) is 33.2 Å². The van der Waals surface area contributed by atoms with E-state index in [9.17, 15) is 18.4 Å². The molecule has 2 rings (SSSR count). The number of carbonyl (C=O) groups is 2. The van der Waals surface area contributed by atoms with E-state index in [4.69, 9.17) is 0 Å². The van der Waals surface area contributed by atoms with E-state index in [0.29, 0.717) is 5.69 Å². The first-order valence-corrected chi connectivity index (χ1v) is 8.48. The van der Waals surface area contributed by atoms with Crippen LogP contribution in [0.5, 0.6) is 0 Å². The summed E-state index contributed by atoms with van der Waals surface area (Å²) in [5, 5.41) is 5.18. The fourth-order valence-corrected chi connectivity index (χ4v) is 2.55. The summed E-state index contributed by atoms with van der Waals surface area (Å²) in [6.45, 7) is 5.48. The van der Waals surface area contributed by atoms with Crippen molar-refractivity contribution in [2.75, 3.05) is 5.32 Å². The van der Waals surface area contributed by atoms with Crippen LogP contribution in [0.2, 0.25) is 0 Å². The van der Waals surface area contributed by atoms with Gasteiger partial charge < -0.3 is 10.6 Å². The van der Waals surface area contributed by atoms with Crippen LogP contribution in [0, 0.1) is 17.6 Å². The maximum absolute atomic E-state index is 13.8. The molecule has 138 valence electrons. The van der Waals surface area contributed by atoms with Crippen LogP contribution in [-0.4, -0.2) is 17.9 Å². The summed E-state index contributed by atoms with van der Waals surface area (Å²) in [5.74, 6) is -3.62. The topological polar surface area (TPSA) is 58.2 Å². The highest BCUT2D eigenvalue weighted by Gasteiger charge is 2.27. The number of hydrogen-bond acceptors (Lipinski definition) is 2. The third kappa shape index (κ3) is 4.65. The van der Waals surface area contributed by atoms with Gasteiger partial charge in [0.15, 0.2) is 0 Å². The largest absolute Gasteiger partial charge is 0.340 e. The zero-order valence-corrected chi connectivity index (χ0v) is 15.0. The minimum atomic E-state index is -0.971. The molecule has 0 bridgehead atoms. The SMILES string of the molecule is CCc1cccc(NC(=O)C(NC(=O)c2c(F)cccc2F)C(C)C)c1. The number of benzene rings is 2. The number of aryl methyl sites for hydroxylation is 1. The van der Waals surface area contributed by atoms with Crippen molar-refractivity contribution in [3.63, 3.8) is 0 Å². The normalized spacial score (nSPS) is 11.9. The van der Waals surface area contributed by atoms with Gasteiger partial charge in [0.1, 0.15) is 23.2 Å². The molecule has 0 saturated heterocycles. The standard InChI is InChI=1S/C20H22F2N2O2/c1-4-13-7-5-8-14(11-13)23-20(26)18(12(2)3)24-19(25)17-15(21)9-6-10-16(17)22/h5-12,18H,4H2,1-3H3,(H,23,26)(H,24,25). The second-order valence-corrected chi connectivity index (χ2v) is 6.33. The molecule has 2 N–H and O–H groups in total. The quantitative estimate of drug-likeness (QED) is 0.820. The molecule has 0 radical (unpaired) electrons. The van der Waals surface area contributed by atoms with E-state index in [1.165, 1.54) is 6.07 Å². The first kappa shape index (κ1) is 19.6. The van der Waals surface area contributed by atoms with Gasteiger partial charge in [0.2, 0.25) is 5.91 Å². The van der Waals surface area contributed by atoms with Gasteiger partial charge in [-0.05, 0) is 42.2 Å². The summed E-state index contributed by atoms with van der Waals surface area (Å²) in [6.07, 6.45) is 0.820. The second-order valence-electron chi connectivity index (χ2n) is 6.33. The number of amides is 2. The highest BCUT2D eigenvalue weighted by atomic mass is 19.1. The van der Waals surface area contributed by atoms with Gasteiger partial charge in [-0.25, -0.2) is 8.78 Å². The van der Waals surface area contributed by atoms with Crippen LogP contribution in [0.25, 0.3) is 0 Å². The summed E-state index contributed by atoms with van der Waals surface area (Å²) in [6, 6.07) is 9.59. The molecule has 0 aliphatic rings. The molecule has 0 heterocycles. The Balaban J connectivity index is 2.17. The van der Waals surface area contributed by atoms with E-state index >= 15 is 0 Å². The van der Waals surface area contributed by atoms with Gasteiger partial charge >= 0.3 is 0 Å². The summed E-state index contributed by atoms with van der Waals surface area (Å²) >= 11 is 0. The molecule has 0 aromatic heterocycles. The lowest BCUT2D eigenvalue weighted by molar-refractivity contribution is -0.118. The van der Waals surface area contributed by atoms with Crippen molar-refractivity contribution in [1.29, 1.82) is 0 Å². The van der Waals surface area contributed by atoms with Crippen molar-refractivity contribution < 1.29 is 18.4 Å². The summed E-state index contributed by atoms with van der Waals surface area (Å²) in [5.41, 5.74) is 0.964. The number of halogens is 2. The predicted octanol–water partition coefficient (Wildman–Crippen LogP) is 3.92. The number of anilines is 1. The molecule has 0 spiro atoms. The Morgan fingerprint density at radius 2 is 1.65 bits per heavy atom. The van der Waals surface area contributed by atoms with E-state index in [1.807, 2.05) is 25.1 Å². The van der Waals surface area contributed by atoms with E-state index in [-0.39, 0.29) is 5.92 Å². The molecule has 1 atom stereocenters. The molecule has 0 aliphatic heterocycles. The van der Waals surface area contributed by atoms with Gasteiger partial charge in [0, 0.05) is 5.69 Å². The highest BCUT2D eigenvalue weighted by molar-refractivity contribution is 6.01. The predicted molar refractivity (Wildman–Crippen MR) is 96.9 cm³/mol. The third-order valence-corrected chi connectivity index (χ3v) is 4.03. The first-order chi connectivity index (χ1) is 12.3. The summed E-state index contributed by atoms with van der Waals surface area (Å²) in [7, 11) is 0. The van der Waals surface area contributed by atoms with Crippen LogP contribution in [0.3, 0.4) is 0 Å². The number of nitrogens with one attached hydrogen (secondary N) is 2. The number of hydrogen-bond donors (Lipinski definition) is 2. The smallest absolute Gasteiger partial charge is 0.257 e. The molecule has 6 heteroatoms. The Bertz CT molecular complexity index is 786. The maximum Gasteiger partial charge on any atom is 0.257 e. The minimum Gasteiger partial charge on any atom is -0.340 e. The molecule has 0 fully saturated rings. The molecule has 1 unspecified atom stereocenters. The lowest BCUT2D eigenvalue weighted by Gasteiger charge is -2.22. The van der Waals surface area contributed by atoms with Gasteiger partial charge in [-0.3, -0.25) is 9.59 Å². The molecular weight excluding hydrogens is 338 g/mol. The number of rotatable bonds is 6. The lowest BCUT2D eigenvalue weighted by atomic mass is 10.0. The summed E-state index contributed by atoms with van der Waals surface area (Å²) in [4.78, 5) is 24.9. The van der Waals surface area contributed by atoms with Crippen LogP contribution in [0.1, 0.15) is 36.7 Å². The zero-order chi connectivity index (χ0) is 19.3. The number of carbonyl (C=O) groups excluding carboxylic acids is 2. The first-order valence-electron chi connectivity index (χ1n) is 8.48. The lowest BCUT2D eigenvalue weighted by Crippen LogP contribution is -2.47. The van der Waals surface area contributed by atoms with Crippen molar-refractivity contribution in [3.05, 3.63) is 65.2 Å². The van der Waals surface area contributed by atoms with Crippen molar-refractivity contribution in [1.82, 2.24) is 5.32 Å². The average molecular weight is 360 g/mol. The highest BCUT2D eigenvalue weighted by Crippen LogP contribution is 2.15. The van der Waals surface area contributed by atoms with Gasteiger partial charge in [0.25, 0.3) is 5.91 Å². The van der Waals surface area contributed by atoms with Crippen LogP contribution in [0.15, 0.2) is 42.5 Å². The van der Waals surface area contributed by atoms with Gasteiger partial charge in [-0.2, -0.15) is 0 Å². The maximum atomic E-state index is 13.8. The van der Waals surface area contributed by atoms with Crippen LogP contribution in [-0.2, 0) is 11.2 Å². The molecule has 2 aromatic carbocycles. The molecular formula is C20H22F2N2O2. The van der Waals surface area contributed by atoms with Crippen molar-refractivity contribution in [2.24, 2.45) is 5.92 Å². The Labute approximate surface area is 151 Å². The Hall–Kier alpha value is -2.76. The van der Waals surface area contributed by atoms with E-state index in [0.717, 1.165) is 24.1 Å². The average Bonchev–Trinajstić information content (AvgIpc) is 2.59. The Morgan fingerprint density at radius 1 is 1.04 bits per heavy atom. The zero-order valence-electron chi connectivity index (χ0n) is 15.0. The van der Waals surface area contributed by atoms with E-state index in [1.54, 1.807) is 19.9 Å². The van der Waals surface area contributed by atoms with Crippen molar-refractivity contribution >= 4 is 17.5 Å². The fraction of sp³-hybridized carbons (Fsp3) is 0.300. The minimum absolute atomic E-state index is 0.275. The van der Waals surface area contributed by atoms with Crippen LogP contribution < -0.4 is 10.6 Å². The molecule has 2 amide bonds. The molecule has 4 nitrogen and oxygen atoms in total. The van der Waals surface area contributed by atoms with E-state index in [2.05, 4.69) is 10.6 Å². The molecule has 0 saturated carbocycles. The van der Waals surface area contributed by atoms with Crippen molar-refractivity contribution in [3.8, 4) is 0 Å². The van der Waals surface area contributed by atoms with Gasteiger partial charge in [0.05, 0.1) is 0 Å². The van der Waals surface area contributed by atoms with Crippen LogP contribution in [0.4, 0.5) is 14.5 Å².